The molecule has 152 valence electrons. The van der Waals surface area contributed by atoms with Crippen molar-refractivity contribution in [3.05, 3.63) is 78.0 Å². The number of benzene rings is 2. The first-order valence-corrected chi connectivity index (χ1v) is 10.8. The second-order valence-electron chi connectivity index (χ2n) is 6.84. The van der Waals surface area contributed by atoms with Gasteiger partial charge in [-0.1, -0.05) is 25.1 Å². The van der Waals surface area contributed by atoms with E-state index < -0.39 is 0 Å². The van der Waals surface area contributed by atoms with Gasteiger partial charge in [0.1, 0.15) is 5.03 Å². The van der Waals surface area contributed by atoms with Gasteiger partial charge < -0.3 is 10.6 Å². The van der Waals surface area contributed by atoms with E-state index in [1.807, 2.05) is 36.4 Å². The first kappa shape index (κ1) is 20.0. The summed E-state index contributed by atoms with van der Waals surface area (Å²) in [5.74, 6) is 0.565. The lowest BCUT2D eigenvalue weighted by molar-refractivity contribution is 0.102. The zero-order valence-electron chi connectivity index (χ0n) is 16.6. The summed E-state index contributed by atoms with van der Waals surface area (Å²) in [7, 11) is 0. The number of rotatable bonds is 4. The molecular weight excluding hydrogens is 396 g/mol. The van der Waals surface area contributed by atoms with E-state index in [4.69, 9.17) is 0 Å². The molecule has 0 spiro atoms. The van der Waals surface area contributed by atoms with E-state index in [0.29, 0.717) is 17.8 Å². The second kappa shape index (κ2) is 9.00. The minimum absolute atomic E-state index is 0.223. The molecule has 3 amide bonds. The van der Waals surface area contributed by atoms with Crippen LogP contribution < -0.4 is 15.5 Å². The number of aryl methyl sites for hydroxylation is 1. The van der Waals surface area contributed by atoms with Gasteiger partial charge in [-0.2, -0.15) is 0 Å². The molecule has 2 aromatic carbocycles. The molecule has 4 rings (SSSR count). The van der Waals surface area contributed by atoms with Crippen molar-refractivity contribution in [2.45, 2.75) is 18.4 Å². The monoisotopic (exact) mass is 418 g/mol. The van der Waals surface area contributed by atoms with E-state index in [9.17, 15) is 9.59 Å². The standard InChI is InChI=1S/C23H22N4O2S/c1-2-16-8-10-18(11-9-16)25-21(28)17-5-3-6-19(15-17)26-23(29)27-13-14-30-22-20(27)7-4-12-24-22/h3-12,15H,2,13-14H2,1H3,(H,25,28)(H,26,29). The van der Waals surface area contributed by atoms with Crippen LogP contribution in [0.5, 0.6) is 0 Å². The van der Waals surface area contributed by atoms with Crippen molar-refractivity contribution in [3.8, 4) is 0 Å². The van der Waals surface area contributed by atoms with Crippen molar-refractivity contribution in [1.29, 1.82) is 0 Å². The molecule has 1 aliphatic rings. The summed E-state index contributed by atoms with van der Waals surface area (Å²) < 4.78 is 0. The number of urea groups is 1. The van der Waals surface area contributed by atoms with Crippen LogP contribution in [0.4, 0.5) is 21.9 Å². The number of aromatic nitrogens is 1. The number of fused-ring (bicyclic) bond motifs is 1. The third-order valence-electron chi connectivity index (χ3n) is 4.84. The van der Waals surface area contributed by atoms with Gasteiger partial charge in [0, 0.05) is 35.4 Å². The molecule has 0 saturated heterocycles. The number of hydrogen-bond donors (Lipinski definition) is 2. The van der Waals surface area contributed by atoms with E-state index >= 15 is 0 Å². The molecule has 2 heterocycles. The van der Waals surface area contributed by atoms with Crippen molar-refractivity contribution in [2.24, 2.45) is 0 Å². The van der Waals surface area contributed by atoms with Crippen LogP contribution in [0.3, 0.4) is 0 Å². The summed E-state index contributed by atoms with van der Waals surface area (Å²) in [4.78, 5) is 31.5. The zero-order chi connectivity index (χ0) is 20.9. The van der Waals surface area contributed by atoms with Crippen LogP contribution in [0.15, 0.2) is 71.9 Å². The number of carbonyl (C=O) groups is 2. The highest BCUT2D eigenvalue weighted by molar-refractivity contribution is 7.99. The molecule has 3 aromatic rings. The molecule has 30 heavy (non-hydrogen) atoms. The number of nitrogens with one attached hydrogen (secondary N) is 2. The van der Waals surface area contributed by atoms with Crippen LogP contribution >= 0.6 is 11.8 Å². The van der Waals surface area contributed by atoms with Crippen LogP contribution in [0, 0.1) is 0 Å². The first-order valence-electron chi connectivity index (χ1n) is 9.81. The van der Waals surface area contributed by atoms with Gasteiger partial charge in [0.15, 0.2) is 0 Å². The maximum atomic E-state index is 12.8. The van der Waals surface area contributed by atoms with Gasteiger partial charge in [-0.05, 0) is 54.4 Å². The summed E-state index contributed by atoms with van der Waals surface area (Å²) in [6.07, 6.45) is 2.68. The molecule has 0 unspecified atom stereocenters. The van der Waals surface area contributed by atoms with Crippen LogP contribution in [-0.4, -0.2) is 29.2 Å². The van der Waals surface area contributed by atoms with Gasteiger partial charge in [0.05, 0.1) is 5.69 Å². The SMILES string of the molecule is CCc1ccc(NC(=O)c2cccc(NC(=O)N3CCSc4ncccc43)c2)cc1. The average molecular weight is 419 g/mol. The van der Waals surface area contributed by atoms with E-state index in [1.54, 1.807) is 47.1 Å². The summed E-state index contributed by atoms with van der Waals surface area (Å²) in [5.41, 5.74) is 3.80. The second-order valence-corrected chi connectivity index (χ2v) is 7.93. The summed E-state index contributed by atoms with van der Waals surface area (Å²) >= 11 is 1.64. The maximum absolute atomic E-state index is 12.8. The molecule has 0 atom stereocenters. The van der Waals surface area contributed by atoms with Crippen LogP contribution in [-0.2, 0) is 6.42 Å². The highest BCUT2D eigenvalue weighted by atomic mass is 32.2. The molecule has 0 radical (unpaired) electrons. The molecular formula is C23H22N4O2S. The van der Waals surface area contributed by atoms with Gasteiger partial charge >= 0.3 is 6.03 Å². The lowest BCUT2D eigenvalue weighted by Gasteiger charge is -2.28. The number of anilines is 3. The molecule has 0 fully saturated rings. The van der Waals surface area contributed by atoms with Crippen molar-refractivity contribution in [3.63, 3.8) is 0 Å². The average Bonchev–Trinajstić information content (AvgIpc) is 2.79. The minimum Gasteiger partial charge on any atom is -0.322 e. The van der Waals surface area contributed by atoms with Gasteiger partial charge in [0.2, 0.25) is 0 Å². The Kier molecular flexibility index (Phi) is 5.99. The Balaban J connectivity index is 1.45. The predicted octanol–water partition coefficient (Wildman–Crippen LogP) is 5.04. The van der Waals surface area contributed by atoms with Gasteiger partial charge in [-0.15, -0.1) is 11.8 Å². The number of carbonyl (C=O) groups excluding carboxylic acids is 2. The highest BCUT2D eigenvalue weighted by Gasteiger charge is 2.23. The van der Waals surface area contributed by atoms with E-state index in [0.717, 1.165) is 28.6 Å². The Hall–Kier alpha value is -3.32. The molecule has 7 heteroatoms. The van der Waals surface area contributed by atoms with Crippen molar-refractivity contribution >= 4 is 40.8 Å². The molecule has 0 saturated carbocycles. The fourth-order valence-electron chi connectivity index (χ4n) is 3.22. The Bertz CT molecular complexity index is 1070. The molecule has 1 aromatic heterocycles. The van der Waals surface area contributed by atoms with Gasteiger partial charge in [0.25, 0.3) is 5.91 Å². The lowest BCUT2D eigenvalue weighted by atomic mass is 10.1. The highest BCUT2D eigenvalue weighted by Crippen LogP contribution is 2.32. The number of thioether (sulfide) groups is 1. The normalized spacial score (nSPS) is 12.8. The van der Waals surface area contributed by atoms with Gasteiger partial charge in [-0.3, -0.25) is 9.69 Å². The first-order chi connectivity index (χ1) is 14.6. The molecule has 0 aliphatic carbocycles. The molecule has 2 N–H and O–H groups in total. The van der Waals surface area contributed by atoms with Crippen LogP contribution in [0.1, 0.15) is 22.8 Å². The van der Waals surface area contributed by atoms with E-state index in [-0.39, 0.29) is 11.9 Å². The quantitative estimate of drug-likeness (QED) is 0.622. The minimum atomic E-state index is -0.239. The fraction of sp³-hybridized carbons (Fsp3) is 0.174. The maximum Gasteiger partial charge on any atom is 0.326 e. The Morgan fingerprint density at radius 3 is 2.67 bits per heavy atom. The summed E-state index contributed by atoms with van der Waals surface area (Å²) in [5, 5.41) is 6.64. The molecule has 0 bridgehead atoms. The summed E-state index contributed by atoms with van der Waals surface area (Å²) in [6.45, 7) is 2.69. The predicted molar refractivity (Wildman–Crippen MR) is 122 cm³/mol. The van der Waals surface area contributed by atoms with Crippen molar-refractivity contribution in [1.82, 2.24) is 4.98 Å². The zero-order valence-corrected chi connectivity index (χ0v) is 17.4. The topological polar surface area (TPSA) is 74.3 Å². The van der Waals surface area contributed by atoms with Crippen LogP contribution in [0.2, 0.25) is 0 Å². The molecule has 1 aliphatic heterocycles. The van der Waals surface area contributed by atoms with Crippen LogP contribution in [0.25, 0.3) is 0 Å². The number of amides is 3. The lowest BCUT2D eigenvalue weighted by Crippen LogP contribution is -2.38. The number of nitrogens with zero attached hydrogens (tertiary/aromatic N) is 2. The van der Waals surface area contributed by atoms with Gasteiger partial charge in [-0.25, -0.2) is 9.78 Å². The molecule has 6 nitrogen and oxygen atoms in total. The smallest absolute Gasteiger partial charge is 0.322 e. The Morgan fingerprint density at radius 1 is 1.03 bits per heavy atom. The van der Waals surface area contributed by atoms with E-state index in [2.05, 4.69) is 22.5 Å². The van der Waals surface area contributed by atoms with Crippen molar-refractivity contribution in [2.75, 3.05) is 27.8 Å². The third-order valence-corrected chi connectivity index (χ3v) is 5.81. The largest absolute Gasteiger partial charge is 0.326 e. The third kappa shape index (κ3) is 4.46. The van der Waals surface area contributed by atoms with Crippen molar-refractivity contribution < 1.29 is 9.59 Å². The Labute approximate surface area is 179 Å². The Morgan fingerprint density at radius 2 is 1.87 bits per heavy atom. The number of pyridine rings is 1. The number of hydrogen-bond acceptors (Lipinski definition) is 4. The summed E-state index contributed by atoms with van der Waals surface area (Å²) in [6, 6.07) is 18.2. The van der Waals surface area contributed by atoms with E-state index in [1.165, 1.54) is 5.56 Å². The fourth-order valence-corrected chi connectivity index (χ4v) is 4.15.